The van der Waals surface area contributed by atoms with Gasteiger partial charge in [0.1, 0.15) is 5.82 Å². The quantitative estimate of drug-likeness (QED) is 0.641. The van der Waals surface area contributed by atoms with Crippen LogP contribution in [0.1, 0.15) is 20.7 Å². The number of hydrogen-bond acceptors (Lipinski definition) is 5. The molecule has 0 radical (unpaired) electrons. The lowest BCUT2D eigenvalue weighted by Crippen LogP contribution is -2.15. The van der Waals surface area contributed by atoms with Crippen molar-refractivity contribution in [2.45, 2.75) is 0 Å². The molecule has 0 N–H and O–H groups in total. The minimum absolute atomic E-state index is 0.106. The van der Waals surface area contributed by atoms with Crippen LogP contribution in [0.25, 0.3) is 0 Å². The molecular weight excluding hydrogens is 291 g/mol. The Morgan fingerprint density at radius 2 is 1.86 bits per heavy atom. The highest BCUT2D eigenvalue weighted by Gasteiger charge is 2.18. The fourth-order valence-corrected chi connectivity index (χ4v) is 1.99. The van der Waals surface area contributed by atoms with Crippen molar-refractivity contribution in [2.24, 2.45) is 0 Å². The first-order chi connectivity index (χ1) is 10.6. The fourth-order valence-electron chi connectivity index (χ4n) is 1.99. The number of Topliss-reactive ketones (excluding diaryl/α,β-unsaturated/α-hetero) is 1. The minimum Gasteiger partial charge on any atom is -0.454 e. The van der Waals surface area contributed by atoms with Crippen LogP contribution >= 0.6 is 0 Å². The first kappa shape index (κ1) is 14.1. The van der Waals surface area contributed by atoms with E-state index in [-0.39, 0.29) is 12.4 Å². The molecule has 0 fully saturated rings. The van der Waals surface area contributed by atoms with Gasteiger partial charge in [0.25, 0.3) is 0 Å². The molecule has 2 aromatic rings. The summed E-state index contributed by atoms with van der Waals surface area (Å²) >= 11 is 0. The van der Waals surface area contributed by atoms with Crippen LogP contribution in [0.4, 0.5) is 4.39 Å². The van der Waals surface area contributed by atoms with E-state index in [2.05, 4.69) is 0 Å². The number of carbonyl (C=O) groups is 2. The van der Waals surface area contributed by atoms with E-state index in [0.29, 0.717) is 17.1 Å². The molecule has 0 saturated carbocycles. The summed E-state index contributed by atoms with van der Waals surface area (Å²) in [6.07, 6.45) is 0. The fraction of sp³-hybridized carbons (Fsp3) is 0.125. The second-order valence-corrected chi connectivity index (χ2v) is 4.55. The number of benzene rings is 2. The van der Waals surface area contributed by atoms with Crippen LogP contribution in [0.5, 0.6) is 11.5 Å². The van der Waals surface area contributed by atoms with Crippen molar-refractivity contribution in [3.8, 4) is 11.5 Å². The third-order valence-electron chi connectivity index (χ3n) is 3.12. The third kappa shape index (κ3) is 2.76. The van der Waals surface area contributed by atoms with Gasteiger partial charge in [0, 0.05) is 5.56 Å². The van der Waals surface area contributed by atoms with E-state index in [9.17, 15) is 14.0 Å². The summed E-state index contributed by atoms with van der Waals surface area (Å²) in [5, 5.41) is 0. The summed E-state index contributed by atoms with van der Waals surface area (Å²) in [6.45, 7) is -0.373. The second-order valence-electron chi connectivity index (χ2n) is 4.55. The van der Waals surface area contributed by atoms with E-state index >= 15 is 0 Å². The Bertz CT molecular complexity index is 741. The smallest absolute Gasteiger partial charge is 0.341 e. The van der Waals surface area contributed by atoms with Crippen LogP contribution in [0.15, 0.2) is 42.5 Å². The molecule has 2 aromatic carbocycles. The first-order valence-electron chi connectivity index (χ1n) is 6.49. The van der Waals surface area contributed by atoms with Gasteiger partial charge in [-0.2, -0.15) is 0 Å². The molecule has 0 aromatic heterocycles. The molecule has 1 aliphatic heterocycles. The Balaban J connectivity index is 1.65. The van der Waals surface area contributed by atoms with Gasteiger partial charge in [-0.15, -0.1) is 0 Å². The van der Waals surface area contributed by atoms with Crippen LogP contribution in [0.2, 0.25) is 0 Å². The van der Waals surface area contributed by atoms with Crippen molar-refractivity contribution in [1.29, 1.82) is 0 Å². The van der Waals surface area contributed by atoms with Crippen LogP contribution in [-0.2, 0) is 4.74 Å². The number of halogens is 1. The highest BCUT2D eigenvalue weighted by Crippen LogP contribution is 2.32. The minimum atomic E-state index is -0.882. The van der Waals surface area contributed by atoms with Gasteiger partial charge >= 0.3 is 5.97 Å². The van der Waals surface area contributed by atoms with E-state index < -0.39 is 24.2 Å². The van der Waals surface area contributed by atoms with E-state index in [1.54, 1.807) is 12.1 Å². The molecule has 22 heavy (non-hydrogen) atoms. The lowest BCUT2D eigenvalue weighted by Gasteiger charge is -2.05. The molecule has 5 nitrogen and oxygen atoms in total. The highest BCUT2D eigenvalue weighted by molar-refractivity contribution is 5.99. The molecule has 0 spiro atoms. The Kier molecular flexibility index (Phi) is 3.74. The number of ether oxygens (including phenoxy) is 3. The number of hydrogen-bond donors (Lipinski definition) is 0. The molecular formula is C16H11FO5. The Morgan fingerprint density at radius 1 is 1.09 bits per heavy atom. The van der Waals surface area contributed by atoms with Gasteiger partial charge in [-0.25, -0.2) is 9.18 Å². The van der Waals surface area contributed by atoms with Crippen LogP contribution in [-0.4, -0.2) is 25.2 Å². The Labute approximate surface area is 125 Å². The molecule has 0 bridgehead atoms. The average Bonchev–Trinajstić information content (AvgIpc) is 3.00. The summed E-state index contributed by atoms with van der Waals surface area (Å²) < 4.78 is 28.6. The van der Waals surface area contributed by atoms with Crippen LogP contribution in [0, 0.1) is 5.82 Å². The zero-order valence-electron chi connectivity index (χ0n) is 11.4. The van der Waals surface area contributed by atoms with Crippen molar-refractivity contribution in [1.82, 2.24) is 0 Å². The zero-order chi connectivity index (χ0) is 15.5. The lowest BCUT2D eigenvalue weighted by atomic mass is 10.1. The molecule has 0 saturated heterocycles. The topological polar surface area (TPSA) is 61.8 Å². The molecule has 0 aliphatic carbocycles. The van der Waals surface area contributed by atoms with Crippen molar-refractivity contribution >= 4 is 11.8 Å². The maximum Gasteiger partial charge on any atom is 0.341 e. The summed E-state index contributed by atoms with van der Waals surface area (Å²) in [5.41, 5.74) is 0.117. The Hall–Kier alpha value is -2.89. The first-order valence-corrected chi connectivity index (χ1v) is 6.49. The molecule has 1 aliphatic rings. The van der Waals surface area contributed by atoms with E-state index in [0.717, 1.165) is 6.07 Å². The highest BCUT2D eigenvalue weighted by atomic mass is 19.1. The third-order valence-corrected chi connectivity index (χ3v) is 3.12. The van der Waals surface area contributed by atoms with E-state index in [1.807, 2.05) is 0 Å². The van der Waals surface area contributed by atoms with Gasteiger partial charge < -0.3 is 14.2 Å². The van der Waals surface area contributed by atoms with Crippen LogP contribution < -0.4 is 9.47 Å². The largest absolute Gasteiger partial charge is 0.454 e. The summed E-state index contributed by atoms with van der Waals surface area (Å²) in [7, 11) is 0. The van der Waals surface area contributed by atoms with Crippen molar-refractivity contribution in [2.75, 3.05) is 13.4 Å². The van der Waals surface area contributed by atoms with E-state index in [4.69, 9.17) is 14.2 Å². The SMILES string of the molecule is O=C(COC(=O)c1ccccc1F)c1ccc2c(c1)OCO2. The number of rotatable bonds is 4. The van der Waals surface area contributed by atoms with Gasteiger partial charge in [0.05, 0.1) is 5.56 Å². The summed E-state index contributed by atoms with van der Waals surface area (Å²) in [4.78, 5) is 23.7. The maximum absolute atomic E-state index is 13.4. The monoisotopic (exact) mass is 302 g/mol. The molecule has 0 atom stereocenters. The normalized spacial score (nSPS) is 12.0. The molecule has 0 amide bonds. The van der Waals surface area contributed by atoms with Gasteiger partial charge in [0.15, 0.2) is 23.9 Å². The van der Waals surface area contributed by atoms with Crippen LogP contribution in [0.3, 0.4) is 0 Å². The number of fused-ring (bicyclic) bond motifs is 1. The summed E-state index contributed by atoms with van der Waals surface area (Å²) in [6, 6.07) is 10.1. The van der Waals surface area contributed by atoms with Crippen molar-refractivity contribution < 1.29 is 28.2 Å². The van der Waals surface area contributed by atoms with Gasteiger partial charge in [0.2, 0.25) is 6.79 Å². The molecule has 3 rings (SSSR count). The standard InChI is InChI=1S/C16H11FO5/c17-12-4-2-1-3-11(12)16(19)20-8-13(18)10-5-6-14-15(7-10)22-9-21-14/h1-7H,8-9H2. The van der Waals surface area contributed by atoms with Gasteiger partial charge in [-0.1, -0.05) is 12.1 Å². The van der Waals surface area contributed by atoms with Crippen molar-refractivity contribution in [3.63, 3.8) is 0 Å². The lowest BCUT2D eigenvalue weighted by molar-refractivity contribution is 0.0470. The van der Waals surface area contributed by atoms with E-state index in [1.165, 1.54) is 24.3 Å². The zero-order valence-corrected chi connectivity index (χ0v) is 11.4. The maximum atomic E-state index is 13.4. The van der Waals surface area contributed by atoms with Gasteiger partial charge in [-0.3, -0.25) is 4.79 Å². The molecule has 112 valence electrons. The number of esters is 1. The summed E-state index contributed by atoms with van der Waals surface area (Å²) in [5.74, 6) is -0.968. The van der Waals surface area contributed by atoms with Gasteiger partial charge in [-0.05, 0) is 30.3 Å². The predicted octanol–water partition coefficient (Wildman–Crippen LogP) is 2.59. The predicted molar refractivity (Wildman–Crippen MR) is 73.6 cm³/mol. The average molecular weight is 302 g/mol. The van der Waals surface area contributed by atoms with Crippen molar-refractivity contribution in [3.05, 3.63) is 59.4 Å². The number of ketones is 1. The number of carbonyl (C=O) groups excluding carboxylic acids is 2. The molecule has 1 heterocycles. The molecule has 6 heteroatoms. The molecule has 0 unspecified atom stereocenters. The second kappa shape index (κ2) is 5.85. The Morgan fingerprint density at radius 3 is 2.68 bits per heavy atom.